The molecule has 0 aliphatic carbocycles. The van der Waals surface area contributed by atoms with E-state index < -0.39 is 0 Å². The van der Waals surface area contributed by atoms with Crippen LogP contribution in [0.5, 0.6) is 0 Å². The fourth-order valence-electron chi connectivity index (χ4n) is 6.10. The fraction of sp³-hybridized carbons (Fsp3) is 0.179. The van der Waals surface area contributed by atoms with E-state index in [0.29, 0.717) is 0 Å². The lowest BCUT2D eigenvalue weighted by Gasteiger charge is -2.37. The largest absolute Gasteiger partial charge is 0.376 e. The molecule has 6 rings (SSSR count). The Balaban J connectivity index is 1.39. The predicted molar refractivity (Wildman–Crippen MR) is 181 cm³/mol. The molecule has 1 aliphatic heterocycles. The second-order valence-electron chi connectivity index (χ2n) is 11.5. The van der Waals surface area contributed by atoms with Crippen molar-refractivity contribution in [3.05, 3.63) is 162 Å². The monoisotopic (exact) mass is 564 g/mol. The number of likely N-dealkylation sites (N-methyl/N-ethyl adjacent to an activating group) is 1. The number of rotatable bonds is 9. The molecule has 0 saturated carbocycles. The van der Waals surface area contributed by atoms with E-state index in [-0.39, 0.29) is 18.4 Å². The second-order valence-corrected chi connectivity index (χ2v) is 11.5. The highest BCUT2D eigenvalue weighted by Crippen LogP contribution is 2.36. The number of hydrogen-bond acceptors (Lipinski definition) is 4. The van der Waals surface area contributed by atoms with Gasteiger partial charge in [-0.25, -0.2) is 0 Å². The van der Waals surface area contributed by atoms with Crippen LogP contribution in [-0.4, -0.2) is 30.4 Å². The first kappa shape index (κ1) is 28.6. The molecule has 4 nitrogen and oxygen atoms in total. The molecule has 0 saturated heterocycles. The molecule has 4 heteroatoms. The highest BCUT2D eigenvalue weighted by Gasteiger charge is 2.26. The third kappa shape index (κ3) is 6.18. The SMILES string of the molecule is CC(c1ccccc1)N(C)C(NC(N)c1ccccc1)c1cccc2c(-c3ccc(C4=CC=CN(C)C4)cc3)cccc12. The lowest BCUT2D eigenvalue weighted by molar-refractivity contribution is 0.143. The Kier molecular flexibility index (Phi) is 8.52. The van der Waals surface area contributed by atoms with Crippen LogP contribution in [0, 0.1) is 0 Å². The lowest BCUT2D eigenvalue weighted by atomic mass is 9.92. The van der Waals surface area contributed by atoms with Gasteiger partial charge in [-0.2, -0.15) is 0 Å². The summed E-state index contributed by atoms with van der Waals surface area (Å²) in [4.78, 5) is 4.59. The first-order valence-corrected chi connectivity index (χ1v) is 15.0. The Labute approximate surface area is 255 Å². The van der Waals surface area contributed by atoms with Crippen LogP contribution in [-0.2, 0) is 0 Å². The minimum atomic E-state index is -0.328. The minimum absolute atomic E-state index is 0.130. The fourth-order valence-corrected chi connectivity index (χ4v) is 6.10. The highest BCUT2D eigenvalue weighted by molar-refractivity contribution is 5.98. The Morgan fingerprint density at radius 3 is 2.05 bits per heavy atom. The van der Waals surface area contributed by atoms with Gasteiger partial charge in [0.2, 0.25) is 0 Å². The summed E-state index contributed by atoms with van der Waals surface area (Å²) in [5, 5.41) is 6.23. The molecule has 3 unspecified atom stereocenters. The van der Waals surface area contributed by atoms with Gasteiger partial charge < -0.3 is 10.6 Å². The lowest BCUT2D eigenvalue weighted by Crippen LogP contribution is -2.42. The molecule has 5 aromatic carbocycles. The summed E-state index contributed by atoms with van der Waals surface area (Å²) in [7, 11) is 4.29. The quantitative estimate of drug-likeness (QED) is 0.177. The van der Waals surface area contributed by atoms with Crippen molar-refractivity contribution in [2.45, 2.75) is 25.3 Å². The maximum absolute atomic E-state index is 6.81. The Morgan fingerprint density at radius 2 is 1.35 bits per heavy atom. The van der Waals surface area contributed by atoms with Gasteiger partial charge in [-0.15, -0.1) is 0 Å². The summed E-state index contributed by atoms with van der Waals surface area (Å²) >= 11 is 0. The van der Waals surface area contributed by atoms with Crippen LogP contribution in [0.2, 0.25) is 0 Å². The van der Waals surface area contributed by atoms with Crippen LogP contribution >= 0.6 is 0 Å². The molecule has 3 N–H and O–H groups in total. The minimum Gasteiger partial charge on any atom is -0.376 e. The van der Waals surface area contributed by atoms with Gasteiger partial charge in [-0.1, -0.05) is 127 Å². The predicted octanol–water partition coefficient (Wildman–Crippen LogP) is 8.29. The van der Waals surface area contributed by atoms with E-state index in [4.69, 9.17) is 5.73 Å². The molecule has 1 heterocycles. The topological polar surface area (TPSA) is 44.5 Å². The number of nitrogens with one attached hydrogen (secondary N) is 1. The summed E-state index contributed by atoms with van der Waals surface area (Å²) in [6, 6.07) is 43.4. The molecule has 0 aromatic heterocycles. The second kappa shape index (κ2) is 12.8. The molecule has 0 amide bonds. The van der Waals surface area contributed by atoms with Crippen molar-refractivity contribution in [1.82, 2.24) is 15.1 Å². The highest BCUT2D eigenvalue weighted by atomic mass is 15.3. The number of allylic oxidation sites excluding steroid dienone is 2. The summed E-state index contributed by atoms with van der Waals surface area (Å²) in [5.41, 5.74) is 15.4. The van der Waals surface area contributed by atoms with E-state index in [2.05, 4.69) is 158 Å². The van der Waals surface area contributed by atoms with E-state index in [1.54, 1.807) is 0 Å². The van der Waals surface area contributed by atoms with Crippen LogP contribution in [0.1, 0.15) is 47.6 Å². The standard InChI is InChI=1S/C39H40N4/c1-28(29-13-6-4-7-14-29)43(3)39(41-38(40)32-15-8-5-9-16-32)37-21-11-19-35-34(18-10-20-36(35)37)31-24-22-30(23-25-31)33-17-12-26-42(2)27-33/h4-26,28,38-39,41H,27,40H2,1-3H3. The zero-order valence-corrected chi connectivity index (χ0v) is 25.2. The van der Waals surface area contributed by atoms with E-state index in [1.807, 2.05) is 18.2 Å². The van der Waals surface area contributed by atoms with Gasteiger partial charge in [-0.05, 0) is 76.0 Å². The summed E-state index contributed by atoms with van der Waals surface area (Å²) in [6.07, 6.45) is 5.97. The van der Waals surface area contributed by atoms with Gasteiger partial charge in [0.25, 0.3) is 0 Å². The normalized spacial score (nSPS) is 15.4. The molecule has 0 bridgehead atoms. The number of nitrogens with two attached hydrogens (primary N) is 1. The van der Waals surface area contributed by atoms with Gasteiger partial charge >= 0.3 is 0 Å². The number of hydrogen-bond donors (Lipinski definition) is 2. The van der Waals surface area contributed by atoms with Gasteiger partial charge in [0, 0.05) is 19.6 Å². The Morgan fingerprint density at radius 1 is 0.721 bits per heavy atom. The molecule has 0 fully saturated rings. The van der Waals surface area contributed by atoms with Crippen molar-refractivity contribution in [3.8, 4) is 11.1 Å². The van der Waals surface area contributed by atoms with Crippen LogP contribution in [0.25, 0.3) is 27.5 Å². The molecule has 5 aromatic rings. The summed E-state index contributed by atoms with van der Waals surface area (Å²) < 4.78 is 0. The zero-order chi connectivity index (χ0) is 29.8. The van der Waals surface area contributed by atoms with Crippen molar-refractivity contribution in [2.75, 3.05) is 20.6 Å². The van der Waals surface area contributed by atoms with E-state index in [9.17, 15) is 0 Å². The molecule has 216 valence electrons. The number of fused-ring (bicyclic) bond motifs is 1. The van der Waals surface area contributed by atoms with Crippen molar-refractivity contribution < 1.29 is 0 Å². The van der Waals surface area contributed by atoms with Crippen LogP contribution in [0.15, 0.2) is 140 Å². The van der Waals surface area contributed by atoms with Crippen molar-refractivity contribution in [3.63, 3.8) is 0 Å². The molecule has 43 heavy (non-hydrogen) atoms. The first-order chi connectivity index (χ1) is 21.0. The third-order valence-corrected chi connectivity index (χ3v) is 8.67. The van der Waals surface area contributed by atoms with Gasteiger partial charge in [-0.3, -0.25) is 10.2 Å². The van der Waals surface area contributed by atoms with Crippen LogP contribution in [0.3, 0.4) is 0 Å². The average molecular weight is 565 g/mol. The van der Waals surface area contributed by atoms with Gasteiger partial charge in [0.05, 0.1) is 12.3 Å². The molecular formula is C39H40N4. The molecule has 3 atom stereocenters. The van der Waals surface area contributed by atoms with Crippen molar-refractivity contribution in [2.24, 2.45) is 5.73 Å². The summed E-state index contributed by atoms with van der Waals surface area (Å²) in [6.45, 7) is 3.17. The first-order valence-electron chi connectivity index (χ1n) is 15.0. The molecule has 1 aliphatic rings. The number of benzene rings is 5. The Bertz CT molecular complexity index is 1720. The van der Waals surface area contributed by atoms with Gasteiger partial charge in [0.15, 0.2) is 0 Å². The molecule has 0 radical (unpaired) electrons. The zero-order valence-electron chi connectivity index (χ0n) is 25.2. The van der Waals surface area contributed by atoms with E-state index in [1.165, 1.54) is 44.2 Å². The smallest absolute Gasteiger partial charge is 0.0883 e. The molecular weight excluding hydrogens is 524 g/mol. The van der Waals surface area contributed by atoms with Gasteiger partial charge in [0.1, 0.15) is 0 Å². The Hall–Kier alpha value is -4.48. The maximum atomic E-state index is 6.81. The third-order valence-electron chi connectivity index (χ3n) is 8.67. The maximum Gasteiger partial charge on any atom is 0.0883 e. The molecule has 0 spiro atoms. The van der Waals surface area contributed by atoms with Crippen molar-refractivity contribution in [1.29, 1.82) is 0 Å². The number of nitrogens with zero attached hydrogens (tertiary/aromatic N) is 2. The van der Waals surface area contributed by atoms with E-state index >= 15 is 0 Å². The van der Waals surface area contributed by atoms with Crippen LogP contribution < -0.4 is 11.1 Å². The van der Waals surface area contributed by atoms with E-state index in [0.717, 1.165) is 12.1 Å². The van der Waals surface area contributed by atoms with Crippen molar-refractivity contribution >= 4 is 16.3 Å². The average Bonchev–Trinajstić information content (AvgIpc) is 3.07. The summed E-state index contributed by atoms with van der Waals surface area (Å²) in [5.74, 6) is 0. The van der Waals surface area contributed by atoms with Crippen LogP contribution in [0.4, 0.5) is 0 Å².